The summed E-state index contributed by atoms with van der Waals surface area (Å²) in [4.78, 5) is 23.4. The first-order valence-corrected chi connectivity index (χ1v) is 9.10. The van der Waals surface area contributed by atoms with Crippen molar-refractivity contribution in [1.29, 1.82) is 0 Å². The molecule has 5 nitrogen and oxygen atoms in total. The van der Waals surface area contributed by atoms with Crippen LogP contribution in [0, 0.1) is 0 Å². The van der Waals surface area contributed by atoms with E-state index in [2.05, 4.69) is 28.1 Å². The van der Waals surface area contributed by atoms with Gasteiger partial charge in [0.05, 0.1) is 0 Å². The smallest absolute Gasteiger partial charge is 0.315 e. The van der Waals surface area contributed by atoms with Crippen molar-refractivity contribution < 1.29 is 9.59 Å². The van der Waals surface area contributed by atoms with Gasteiger partial charge in [-0.1, -0.05) is 60.7 Å². The molecule has 0 bridgehead atoms. The summed E-state index contributed by atoms with van der Waals surface area (Å²) in [5, 5.41) is 8.35. The number of rotatable bonds is 10. The highest BCUT2D eigenvalue weighted by Crippen LogP contribution is 2.03. The first kappa shape index (κ1) is 19.5. The van der Waals surface area contributed by atoms with Crippen LogP contribution in [0.15, 0.2) is 60.7 Å². The van der Waals surface area contributed by atoms with E-state index >= 15 is 0 Å². The van der Waals surface area contributed by atoms with Crippen molar-refractivity contribution in [3.05, 3.63) is 71.8 Å². The molecule has 0 unspecified atom stereocenters. The SMILES string of the molecule is O=C(CCNC(=O)NCc1ccccc1)NCCCCc1ccccc1. The molecule has 0 fully saturated rings. The molecule has 0 aliphatic rings. The van der Waals surface area contributed by atoms with Crippen LogP contribution in [0.1, 0.15) is 30.4 Å². The Morgan fingerprint density at radius 3 is 2.04 bits per heavy atom. The van der Waals surface area contributed by atoms with E-state index in [0.717, 1.165) is 24.8 Å². The van der Waals surface area contributed by atoms with Gasteiger partial charge in [0.1, 0.15) is 0 Å². The number of urea groups is 1. The van der Waals surface area contributed by atoms with Crippen LogP contribution in [-0.2, 0) is 17.8 Å². The first-order valence-electron chi connectivity index (χ1n) is 9.10. The molecule has 5 heteroatoms. The van der Waals surface area contributed by atoms with Crippen LogP contribution in [0.2, 0.25) is 0 Å². The zero-order valence-electron chi connectivity index (χ0n) is 15.0. The molecular formula is C21H27N3O2. The maximum atomic E-state index is 11.8. The first-order chi connectivity index (χ1) is 12.7. The molecule has 0 aliphatic carbocycles. The fourth-order valence-corrected chi connectivity index (χ4v) is 2.55. The molecule has 0 heterocycles. The Morgan fingerprint density at radius 1 is 0.692 bits per heavy atom. The quantitative estimate of drug-likeness (QED) is 0.575. The Kier molecular flexibility index (Phi) is 8.77. The van der Waals surface area contributed by atoms with Gasteiger partial charge in [-0.05, 0) is 30.4 Å². The van der Waals surface area contributed by atoms with Crippen LogP contribution in [0.5, 0.6) is 0 Å². The third-order valence-corrected chi connectivity index (χ3v) is 3.99. The van der Waals surface area contributed by atoms with E-state index in [-0.39, 0.29) is 18.4 Å². The lowest BCUT2D eigenvalue weighted by Crippen LogP contribution is -2.37. The topological polar surface area (TPSA) is 70.2 Å². The number of amides is 3. The van der Waals surface area contributed by atoms with Crippen LogP contribution in [-0.4, -0.2) is 25.0 Å². The standard InChI is InChI=1S/C21H27N3O2/c25-20(22-15-8-7-11-18-9-3-1-4-10-18)14-16-23-21(26)24-17-19-12-5-2-6-13-19/h1-6,9-10,12-13H,7-8,11,14-17H2,(H,22,25)(H2,23,24,26). The summed E-state index contributed by atoms with van der Waals surface area (Å²) in [6, 6.07) is 19.8. The molecule has 0 saturated carbocycles. The van der Waals surface area contributed by atoms with E-state index in [9.17, 15) is 9.59 Å². The van der Waals surface area contributed by atoms with Gasteiger partial charge in [0, 0.05) is 26.1 Å². The van der Waals surface area contributed by atoms with Crippen molar-refractivity contribution in [2.75, 3.05) is 13.1 Å². The van der Waals surface area contributed by atoms with Crippen molar-refractivity contribution in [2.45, 2.75) is 32.2 Å². The van der Waals surface area contributed by atoms with Gasteiger partial charge < -0.3 is 16.0 Å². The molecule has 0 atom stereocenters. The number of unbranched alkanes of at least 4 members (excludes halogenated alkanes) is 1. The Labute approximate surface area is 155 Å². The Balaban J connectivity index is 1.46. The molecule has 0 radical (unpaired) electrons. The minimum atomic E-state index is -0.260. The van der Waals surface area contributed by atoms with Crippen LogP contribution in [0.3, 0.4) is 0 Å². The van der Waals surface area contributed by atoms with Gasteiger partial charge in [-0.3, -0.25) is 4.79 Å². The van der Waals surface area contributed by atoms with E-state index in [0.29, 0.717) is 19.6 Å². The summed E-state index contributed by atoms with van der Waals surface area (Å²) in [5.41, 5.74) is 2.36. The summed E-state index contributed by atoms with van der Waals surface area (Å²) in [6.07, 6.45) is 3.31. The molecule has 3 N–H and O–H groups in total. The summed E-state index contributed by atoms with van der Waals surface area (Å²) in [5.74, 6) is -0.0342. The van der Waals surface area contributed by atoms with Gasteiger partial charge in [0.15, 0.2) is 0 Å². The fourth-order valence-electron chi connectivity index (χ4n) is 2.55. The van der Waals surface area contributed by atoms with Crippen molar-refractivity contribution in [1.82, 2.24) is 16.0 Å². The highest BCUT2D eigenvalue weighted by molar-refractivity contribution is 5.78. The Hall–Kier alpha value is -2.82. The van der Waals surface area contributed by atoms with E-state index in [1.54, 1.807) is 0 Å². The van der Waals surface area contributed by atoms with Crippen LogP contribution in [0.4, 0.5) is 4.79 Å². The van der Waals surface area contributed by atoms with Gasteiger partial charge in [0.25, 0.3) is 0 Å². The van der Waals surface area contributed by atoms with Gasteiger partial charge >= 0.3 is 6.03 Å². The second-order valence-electron chi connectivity index (χ2n) is 6.14. The minimum absolute atomic E-state index is 0.0342. The largest absolute Gasteiger partial charge is 0.356 e. The van der Waals surface area contributed by atoms with E-state index in [1.807, 2.05) is 48.5 Å². The predicted octanol–water partition coefficient (Wildman–Crippen LogP) is 3.02. The maximum Gasteiger partial charge on any atom is 0.315 e. The predicted molar refractivity (Wildman–Crippen MR) is 104 cm³/mol. The maximum absolute atomic E-state index is 11.8. The Morgan fingerprint density at radius 2 is 1.35 bits per heavy atom. The van der Waals surface area contributed by atoms with Crippen molar-refractivity contribution in [3.8, 4) is 0 Å². The lowest BCUT2D eigenvalue weighted by molar-refractivity contribution is -0.120. The average Bonchev–Trinajstić information content (AvgIpc) is 2.68. The fraction of sp³-hybridized carbons (Fsp3) is 0.333. The van der Waals surface area contributed by atoms with Gasteiger partial charge in [0.2, 0.25) is 5.91 Å². The van der Waals surface area contributed by atoms with Crippen molar-refractivity contribution in [2.24, 2.45) is 0 Å². The molecule has 0 spiro atoms. The lowest BCUT2D eigenvalue weighted by Gasteiger charge is -2.08. The molecule has 0 aromatic heterocycles. The third kappa shape index (κ3) is 8.33. The van der Waals surface area contributed by atoms with Crippen molar-refractivity contribution >= 4 is 11.9 Å². The zero-order valence-corrected chi connectivity index (χ0v) is 15.0. The highest BCUT2D eigenvalue weighted by Gasteiger charge is 2.03. The number of carbonyl (C=O) groups is 2. The summed E-state index contributed by atoms with van der Waals surface area (Å²) < 4.78 is 0. The number of hydrogen-bond donors (Lipinski definition) is 3. The molecule has 0 saturated heterocycles. The minimum Gasteiger partial charge on any atom is -0.356 e. The van der Waals surface area contributed by atoms with E-state index < -0.39 is 0 Å². The third-order valence-electron chi connectivity index (χ3n) is 3.99. The molecule has 26 heavy (non-hydrogen) atoms. The highest BCUT2D eigenvalue weighted by atomic mass is 16.2. The number of nitrogens with one attached hydrogen (secondary N) is 3. The summed E-state index contributed by atoms with van der Waals surface area (Å²) >= 11 is 0. The van der Waals surface area contributed by atoms with Crippen LogP contribution >= 0.6 is 0 Å². The molecule has 2 aromatic carbocycles. The summed E-state index contributed by atoms with van der Waals surface area (Å²) in [7, 11) is 0. The number of carbonyl (C=O) groups excluding carboxylic acids is 2. The van der Waals surface area contributed by atoms with Crippen LogP contribution < -0.4 is 16.0 Å². The van der Waals surface area contributed by atoms with Gasteiger partial charge in [-0.25, -0.2) is 4.79 Å². The van der Waals surface area contributed by atoms with Gasteiger partial charge in [-0.15, -0.1) is 0 Å². The second kappa shape index (κ2) is 11.7. The van der Waals surface area contributed by atoms with E-state index in [1.165, 1.54) is 5.56 Å². The van der Waals surface area contributed by atoms with Gasteiger partial charge in [-0.2, -0.15) is 0 Å². The average molecular weight is 353 g/mol. The van der Waals surface area contributed by atoms with Crippen molar-refractivity contribution in [3.63, 3.8) is 0 Å². The lowest BCUT2D eigenvalue weighted by atomic mass is 10.1. The molecule has 2 aromatic rings. The monoisotopic (exact) mass is 353 g/mol. The molecule has 138 valence electrons. The summed E-state index contributed by atoms with van der Waals surface area (Å²) in [6.45, 7) is 1.47. The van der Waals surface area contributed by atoms with Crippen LogP contribution in [0.25, 0.3) is 0 Å². The molecule has 0 aliphatic heterocycles. The van der Waals surface area contributed by atoms with E-state index in [4.69, 9.17) is 0 Å². The number of hydrogen-bond acceptors (Lipinski definition) is 2. The normalized spacial score (nSPS) is 10.2. The molecule has 3 amide bonds. The second-order valence-corrected chi connectivity index (χ2v) is 6.14. The molecular weight excluding hydrogens is 326 g/mol. The Bertz CT molecular complexity index is 659. The molecule has 2 rings (SSSR count). The number of aryl methyl sites for hydroxylation is 1. The zero-order chi connectivity index (χ0) is 18.5. The number of benzene rings is 2.